The van der Waals surface area contributed by atoms with Crippen LogP contribution in [0, 0.1) is 25.2 Å². The van der Waals surface area contributed by atoms with Crippen molar-refractivity contribution in [3.8, 4) is 6.07 Å². The van der Waals surface area contributed by atoms with E-state index in [9.17, 15) is 10.1 Å². The molecule has 1 atom stereocenters. The third kappa shape index (κ3) is 2.21. The van der Waals surface area contributed by atoms with Crippen LogP contribution in [0.25, 0.3) is 0 Å². The van der Waals surface area contributed by atoms with Crippen molar-refractivity contribution in [3.05, 3.63) is 49.9 Å². The summed E-state index contributed by atoms with van der Waals surface area (Å²) >= 11 is 7.59. The SMILES string of the molecule is Cc1csc(CN2C(=O)c3c(ccc(Cl)c3C)C2C#N)n1. The quantitative estimate of drug-likeness (QED) is 0.849. The lowest BCUT2D eigenvalue weighted by molar-refractivity contribution is 0.0744. The Morgan fingerprint density at radius 1 is 1.48 bits per heavy atom. The number of carbonyl (C=O) groups is 1. The maximum atomic E-state index is 12.6. The highest BCUT2D eigenvalue weighted by Crippen LogP contribution is 2.38. The predicted molar refractivity (Wildman–Crippen MR) is 81.3 cm³/mol. The molecule has 1 aliphatic rings. The molecule has 1 aliphatic heterocycles. The molecule has 1 aromatic carbocycles. The van der Waals surface area contributed by atoms with Gasteiger partial charge < -0.3 is 4.90 Å². The maximum Gasteiger partial charge on any atom is 0.256 e. The fraction of sp³-hybridized carbons (Fsp3) is 0.267. The number of aromatic nitrogens is 1. The molecule has 0 saturated heterocycles. The van der Waals surface area contributed by atoms with Gasteiger partial charge in [0.15, 0.2) is 0 Å². The standard InChI is InChI=1S/C15H12ClN3OS/c1-8-7-21-13(18-8)6-19-12(5-17)10-3-4-11(16)9(2)14(10)15(19)20/h3-4,7,12H,6H2,1-2H3. The van der Waals surface area contributed by atoms with Crippen LogP contribution in [-0.4, -0.2) is 15.8 Å². The Kier molecular flexibility index (Phi) is 3.44. The third-order valence-electron chi connectivity index (χ3n) is 3.61. The van der Waals surface area contributed by atoms with E-state index in [0.29, 0.717) is 17.1 Å². The Morgan fingerprint density at radius 3 is 2.86 bits per heavy atom. The van der Waals surface area contributed by atoms with Gasteiger partial charge in [0, 0.05) is 21.7 Å². The minimum Gasteiger partial charge on any atom is -0.312 e. The summed E-state index contributed by atoms with van der Waals surface area (Å²) in [6, 6.07) is 5.14. The number of benzene rings is 1. The van der Waals surface area contributed by atoms with Gasteiger partial charge in [-0.2, -0.15) is 5.26 Å². The number of fused-ring (bicyclic) bond motifs is 1. The van der Waals surface area contributed by atoms with Gasteiger partial charge in [-0.15, -0.1) is 11.3 Å². The van der Waals surface area contributed by atoms with E-state index in [0.717, 1.165) is 21.8 Å². The Balaban J connectivity index is 2.03. The van der Waals surface area contributed by atoms with Crippen molar-refractivity contribution in [3.63, 3.8) is 0 Å². The van der Waals surface area contributed by atoms with Gasteiger partial charge in [0.25, 0.3) is 5.91 Å². The lowest BCUT2D eigenvalue weighted by atomic mass is 10.0. The molecule has 0 bridgehead atoms. The van der Waals surface area contributed by atoms with Gasteiger partial charge >= 0.3 is 0 Å². The highest BCUT2D eigenvalue weighted by molar-refractivity contribution is 7.09. The number of carbonyl (C=O) groups excluding carboxylic acids is 1. The Morgan fingerprint density at radius 2 is 2.24 bits per heavy atom. The molecule has 1 aromatic heterocycles. The van der Waals surface area contributed by atoms with Gasteiger partial charge in [-0.3, -0.25) is 4.79 Å². The summed E-state index contributed by atoms with van der Waals surface area (Å²) in [6.45, 7) is 4.07. The number of rotatable bonds is 2. The first-order valence-corrected chi connectivity index (χ1v) is 7.69. The summed E-state index contributed by atoms with van der Waals surface area (Å²) in [5, 5.41) is 12.8. The number of hydrogen-bond donors (Lipinski definition) is 0. The number of nitriles is 1. The highest BCUT2D eigenvalue weighted by atomic mass is 35.5. The van der Waals surface area contributed by atoms with Crippen LogP contribution in [0.2, 0.25) is 5.02 Å². The minimum absolute atomic E-state index is 0.149. The second kappa shape index (κ2) is 5.14. The summed E-state index contributed by atoms with van der Waals surface area (Å²) in [4.78, 5) is 18.6. The molecule has 21 heavy (non-hydrogen) atoms. The molecule has 0 radical (unpaired) electrons. The largest absolute Gasteiger partial charge is 0.312 e. The maximum absolute atomic E-state index is 12.6. The van der Waals surface area contributed by atoms with E-state index in [1.165, 1.54) is 11.3 Å². The van der Waals surface area contributed by atoms with Crippen LogP contribution in [0.5, 0.6) is 0 Å². The van der Waals surface area contributed by atoms with Crippen molar-refractivity contribution in [1.82, 2.24) is 9.88 Å². The van der Waals surface area contributed by atoms with Crippen molar-refractivity contribution < 1.29 is 4.79 Å². The van der Waals surface area contributed by atoms with Crippen molar-refractivity contribution in [2.75, 3.05) is 0 Å². The van der Waals surface area contributed by atoms with Crippen LogP contribution in [0.15, 0.2) is 17.5 Å². The number of thiazole rings is 1. The van der Waals surface area contributed by atoms with Gasteiger partial charge in [0.2, 0.25) is 0 Å². The molecule has 3 rings (SSSR count). The normalized spacial score (nSPS) is 17.0. The number of aryl methyl sites for hydroxylation is 1. The van der Waals surface area contributed by atoms with Crippen LogP contribution < -0.4 is 0 Å². The van der Waals surface area contributed by atoms with Crippen molar-refractivity contribution >= 4 is 28.8 Å². The lowest BCUT2D eigenvalue weighted by Gasteiger charge is -2.18. The molecule has 6 heteroatoms. The molecular weight excluding hydrogens is 306 g/mol. The van der Waals surface area contributed by atoms with Crippen LogP contribution >= 0.6 is 22.9 Å². The number of nitrogens with zero attached hydrogens (tertiary/aromatic N) is 3. The predicted octanol–water partition coefficient (Wildman–Crippen LogP) is 3.63. The van der Waals surface area contributed by atoms with E-state index >= 15 is 0 Å². The molecule has 1 unspecified atom stereocenters. The summed E-state index contributed by atoms with van der Waals surface area (Å²) in [5.74, 6) is -0.149. The van der Waals surface area contributed by atoms with Crippen LogP contribution in [0.3, 0.4) is 0 Å². The Hall–Kier alpha value is -1.90. The van der Waals surface area contributed by atoms with Crippen molar-refractivity contribution in [2.24, 2.45) is 0 Å². The second-order valence-corrected chi connectivity index (χ2v) is 6.33. The molecule has 2 aromatic rings. The zero-order valence-electron chi connectivity index (χ0n) is 11.6. The molecule has 0 saturated carbocycles. The van der Waals surface area contributed by atoms with E-state index in [1.54, 1.807) is 17.0 Å². The fourth-order valence-electron chi connectivity index (χ4n) is 2.57. The average molecular weight is 318 g/mol. The van der Waals surface area contributed by atoms with E-state index in [4.69, 9.17) is 11.6 Å². The first-order chi connectivity index (χ1) is 10.0. The molecule has 0 aliphatic carbocycles. The van der Waals surface area contributed by atoms with E-state index in [-0.39, 0.29) is 5.91 Å². The summed E-state index contributed by atoms with van der Waals surface area (Å²) in [5.41, 5.74) is 2.95. The Bertz CT molecular complexity index is 778. The van der Waals surface area contributed by atoms with Crippen LogP contribution in [-0.2, 0) is 6.54 Å². The minimum atomic E-state index is -0.576. The first-order valence-electron chi connectivity index (χ1n) is 6.43. The summed E-state index contributed by atoms with van der Waals surface area (Å²) in [7, 11) is 0. The van der Waals surface area contributed by atoms with Gasteiger partial charge in [0.05, 0.1) is 18.2 Å². The second-order valence-electron chi connectivity index (χ2n) is 4.98. The number of halogens is 1. The van der Waals surface area contributed by atoms with E-state index in [1.807, 2.05) is 19.2 Å². The number of amides is 1. The first kappa shape index (κ1) is 14.1. The molecule has 0 N–H and O–H groups in total. The molecule has 0 fully saturated rings. The molecular formula is C15H12ClN3OS. The molecule has 0 spiro atoms. The summed E-state index contributed by atoms with van der Waals surface area (Å²) < 4.78 is 0. The van der Waals surface area contributed by atoms with Crippen molar-refractivity contribution in [2.45, 2.75) is 26.4 Å². The van der Waals surface area contributed by atoms with Crippen molar-refractivity contribution in [1.29, 1.82) is 5.26 Å². The van der Waals surface area contributed by atoms with Gasteiger partial charge in [-0.1, -0.05) is 17.7 Å². The topological polar surface area (TPSA) is 57.0 Å². The van der Waals surface area contributed by atoms with E-state index in [2.05, 4.69) is 11.1 Å². The fourth-order valence-corrected chi connectivity index (χ4v) is 3.50. The smallest absolute Gasteiger partial charge is 0.256 e. The van der Waals surface area contributed by atoms with Gasteiger partial charge in [-0.25, -0.2) is 4.98 Å². The molecule has 106 valence electrons. The lowest BCUT2D eigenvalue weighted by Crippen LogP contribution is -2.27. The average Bonchev–Trinajstić information content (AvgIpc) is 2.98. The van der Waals surface area contributed by atoms with E-state index < -0.39 is 6.04 Å². The van der Waals surface area contributed by atoms with Gasteiger partial charge in [-0.05, 0) is 25.5 Å². The monoisotopic (exact) mass is 317 g/mol. The number of hydrogen-bond acceptors (Lipinski definition) is 4. The molecule has 4 nitrogen and oxygen atoms in total. The zero-order valence-corrected chi connectivity index (χ0v) is 13.1. The van der Waals surface area contributed by atoms with Crippen LogP contribution in [0.1, 0.15) is 38.2 Å². The highest BCUT2D eigenvalue weighted by Gasteiger charge is 2.38. The molecule has 1 amide bonds. The Labute approximate surface area is 131 Å². The van der Waals surface area contributed by atoms with Gasteiger partial charge in [0.1, 0.15) is 11.0 Å². The zero-order chi connectivity index (χ0) is 15.1. The van der Waals surface area contributed by atoms with Crippen LogP contribution in [0.4, 0.5) is 0 Å². The summed E-state index contributed by atoms with van der Waals surface area (Å²) in [6.07, 6.45) is 0. The molecule has 2 heterocycles. The third-order valence-corrected chi connectivity index (χ3v) is 4.97.